The van der Waals surface area contributed by atoms with E-state index in [1.807, 2.05) is 54.3 Å². The van der Waals surface area contributed by atoms with Crippen LogP contribution < -0.4 is 5.32 Å². The predicted molar refractivity (Wildman–Crippen MR) is 104 cm³/mol. The van der Waals surface area contributed by atoms with Gasteiger partial charge in [-0.15, -0.1) is 0 Å². The van der Waals surface area contributed by atoms with Gasteiger partial charge < -0.3 is 10.2 Å². The number of carbonyl (C=O) groups excluding carboxylic acids is 2. The first-order valence-electron chi connectivity index (χ1n) is 8.65. The molecule has 6 heteroatoms. The smallest absolute Gasteiger partial charge is 0.253 e. The van der Waals surface area contributed by atoms with Crippen LogP contribution in [0.1, 0.15) is 15.9 Å². The lowest BCUT2D eigenvalue weighted by Gasteiger charge is -2.34. The zero-order valence-electron chi connectivity index (χ0n) is 14.7. The zero-order valence-corrected chi connectivity index (χ0v) is 15.5. The number of benzene rings is 2. The molecule has 5 nitrogen and oxygen atoms in total. The van der Waals surface area contributed by atoms with Gasteiger partial charge in [-0.3, -0.25) is 14.5 Å². The normalized spacial score (nSPS) is 14.9. The van der Waals surface area contributed by atoms with Crippen molar-refractivity contribution in [3.05, 3.63) is 64.7 Å². The third-order valence-electron chi connectivity index (χ3n) is 4.50. The van der Waals surface area contributed by atoms with Crippen molar-refractivity contribution in [2.45, 2.75) is 6.92 Å². The van der Waals surface area contributed by atoms with Crippen molar-refractivity contribution in [3.8, 4) is 0 Å². The van der Waals surface area contributed by atoms with Gasteiger partial charge in [-0.25, -0.2) is 0 Å². The highest BCUT2D eigenvalue weighted by atomic mass is 35.5. The molecule has 0 aromatic heterocycles. The van der Waals surface area contributed by atoms with E-state index >= 15 is 0 Å². The molecule has 0 radical (unpaired) electrons. The standard InChI is InChI=1S/C20H22ClN3O2/c1-15-7-8-17(13-18(15)21)22-19(25)14-23-9-11-24(12-10-23)20(26)16-5-3-2-4-6-16/h2-8,13H,9-12,14H2,1H3,(H,22,25). The van der Waals surface area contributed by atoms with E-state index in [1.54, 1.807) is 6.07 Å². The number of aryl methyl sites for hydroxylation is 1. The van der Waals surface area contributed by atoms with E-state index in [0.29, 0.717) is 49.0 Å². The van der Waals surface area contributed by atoms with Gasteiger partial charge in [0.05, 0.1) is 6.54 Å². The maximum atomic E-state index is 12.4. The Morgan fingerprint density at radius 2 is 1.73 bits per heavy atom. The zero-order chi connectivity index (χ0) is 18.5. The summed E-state index contributed by atoms with van der Waals surface area (Å²) in [7, 11) is 0. The molecule has 0 unspecified atom stereocenters. The van der Waals surface area contributed by atoms with E-state index < -0.39 is 0 Å². The summed E-state index contributed by atoms with van der Waals surface area (Å²) in [5.74, 6) is -0.0308. The molecule has 0 bridgehead atoms. The number of nitrogens with one attached hydrogen (secondary N) is 1. The third kappa shape index (κ3) is 4.62. The summed E-state index contributed by atoms with van der Waals surface area (Å²) in [5, 5.41) is 3.51. The van der Waals surface area contributed by atoms with E-state index in [1.165, 1.54) is 0 Å². The van der Waals surface area contributed by atoms with Crippen molar-refractivity contribution in [2.24, 2.45) is 0 Å². The maximum absolute atomic E-state index is 12.4. The van der Waals surface area contributed by atoms with Gasteiger partial charge in [-0.1, -0.05) is 35.9 Å². The molecule has 0 aliphatic carbocycles. The van der Waals surface area contributed by atoms with Crippen molar-refractivity contribution < 1.29 is 9.59 Å². The topological polar surface area (TPSA) is 52.7 Å². The second kappa shape index (κ2) is 8.34. The van der Waals surface area contributed by atoms with Crippen molar-refractivity contribution in [1.29, 1.82) is 0 Å². The Morgan fingerprint density at radius 3 is 2.38 bits per heavy atom. The second-order valence-corrected chi connectivity index (χ2v) is 6.85. The van der Waals surface area contributed by atoms with Crippen LogP contribution in [0, 0.1) is 6.92 Å². The number of rotatable bonds is 4. The minimum atomic E-state index is -0.0762. The van der Waals surface area contributed by atoms with E-state index in [-0.39, 0.29) is 11.8 Å². The largest absolute Gasteiger partial charge is 0.336 e. The first-order chi connectivity index (χ1) is 12.5. The Kier molecular flexibility index (Phi) is 5.91. The molecule has 1 heterocycles. The number of halogens is 1. The maximum Gasteiger partial charge on any atom is 0.253 e. The number of hydrogen-bond acceptors (Lipinski definition) is 3. The average molecular weight is 372 g/mol. The Hall–Kier alpha value is -2.37. The SMILES string of the molecule is Cc1ccc(NC(=O)CN2CCN(C(=O)c3ccccc3)CC2)cc1Cl. The molecular formula is C20H22ClN3O2. The molecule has 1 aliphatic rings. The summed E-state index contributed by atoms with van der Waals surface area (Å²) in [6.07, 6.45) is 0. The van der Waals surface area contributed by atoms with E-state index in [4.69, 9.17) is 11.6 Å². The first-order valence-corrected chi connectivity index (χ1v) is 9.03. The lowest BCUT2D eigenvalue weighted by molar-refractivity contribution is -0.117. The van der Waals surface area contributed by atoms with Gasteiger partial charge in [0.2, 0.25) is 5.91 Å². The molecule has 1 aliphatic heterocycles. The predicted octanol–water partition coefficient (Wildman–Crippen LogP) is 3.04. The number of piperazine rings is 1. The molecule has 0 atom stereocenters. The lowest BCUT2D eigenvalue weighted by atomic mass is 10.2. The van der Waals surface area contributed by atoms with Gasteiger partial charge in [-0.05, 0) is 36.8 Å². The van der Waals surface area contributed by atoms with Gasteiger partial charge in [0.1, 0.15) is 0 Å². The highest BCUT2D eigenvalue weighted by molar-refractivity contribution is 6.31. The van der Waals surface area contributed by atoms with Crippen LogP contribution in [0.4, 0.5) is 5.69 Å². The molecule has 0 saturated carbocycles. The first kappa shape index (κ1) is 18.4. The molecule has 136 valence electrons. The minimum absolute atomic E-state index is 0.0454. The molecule has 1 saturated heterocycles. The number of carbonyl (C=O) groups is 2. The second-order valence-electron chi connectivity index (χ2n) is 6.45. The van der Waals surface area contributed by atoms with Gasteiger partial charge in [0.15, 0.2) is 0 Å². The van der Waals surface area contributed by atoms with E-state index in [9.17, 15) is 9.59 Å². The van der Waals surface area contributed by atoms with Gasteiger partial charge in [0, 0.05) is 42.5 Å². The highest BCUT2D eigenvalue weighted by Gasteiger charge is 2.23. The Labute approximate surface area is 158 Å². The summed E-state index contributed by atoms with van der Waals surface area (Å²) in [5.41, 5.74) is 2.38. The van der Waals surface area contributed by atoms with Crippen LogP contribution in [0.15, 0.2) is 48.5 Å². The Bertz CT molecular complexity index is 787. The van der Waals surface area contributed by atoms with Gasteiger partial charge in [-0.2, -0.15) is 0 Å². The van der Waals surface area contributed by atoms with Crippen LogP contribution in [0.25, 0.3) is 0 Å². The van der Waals surface area contributed by atoms with E-state index in [0.717, 1.165) is 5.56 Å². The Morgan fingerprint density at radius 1 is 1.04 bits per heavy atom. The molecule has 1 fully saturated rings. The summed E-state index contributed by atoms with van der Waals surface area (Å²) in [4.78, 5) is 28.6. The molecular weight excluding hydrogens is 350 g/mol. The van der Waals surface area contributed by atoms with Crippen LogP contribution in [-0.4, -0.2) is 54.3 Å². The summed E-state index contributed by atoms with van der Waals surface area (Å²) < 4.78 is 0. The Balaban J connectivity index is 1.48. The van der Waals surface area contributed by atoms with Crippen molar-refractivity contribution in [3.63, 3.8) is 0 Å². The molecule has 3 rings (SSSR count). The van der Waals surface area contributed by atoms with Crippen molar-refractivity contribution in [2.75, 3.05) is 38.0 Å². The monoisotopic (exact) mass is 371 g/mol. The summed E-state index contributed by atoms with van der Waals surface area (Å²) in [6.45, 7) is 4.83. The van der Waals surface area contributed by atoms with E-state index in [2.05, 4.69) is 10.2 Å². The number of nitrogens with zero attached hydrogens (tertiary/aromatic N) is 2. The lowest BCUT2D eigenvalue weighted by Crippen LogP contribution is -2.50. The number of amides is 2. The average Bonchev–Trinajstić information content (AvgIpc) is 2.65. The quantitative estimate of drug-likeness (QED) is 0.898. The summed E-state index contributed by atoms with van der Waals surface area (Å²) >= 11 is 6.09. The molecule has 26 heavy (non-hydrogen) atoms. The minimum Gasteiger partial charge on any atom is -0.336 e. The fraction of sp³-hybridized carbons (Fsp3) is 0.300. The molecule has 1 N–H and O–H groups in total. The fourth-order valence-corrected chi connectivity index (χ4v) is 3.13. The van der Waals surface area contributed by atoms with Crippen LogP contribution in [0.3, 0.4) is 0 Å². The van der Waals surface area contributed by atoms with Crippen LogP contribution in [0.2, 0.25) is 5.02 Å². The molecule has 2 amide bonds. The van der Waals surface area contributed by atoms with Gasteiger partial charge >= 0.3 is 0 Å². The third-order valence-corrected chi connectivity index (χ3v) is 4.91. The fourth-order valence-electron chi connectivity index (χ4n) is 2.95. The summed E-state index contributed by atoms with van der Waals surface area (Å²) in [6, 6.07) is 14.8. The van der Waals surface area contributed by atoms with Crippen molar-refractivity contribution in [1.82, 2.24) is 9.80 Å². The molecule has 0 spiro atoms. The molecule has 2 aromatic rings. The van der Waals surface area contributed by atoms with Crippen LogP contribution in [0.5, 0.6) is 0 Å². The highest BCUT2D eigenvalue weighted by Crippen LogP contribution is 2.20. The van der Waals surface area contributed by atoms with Crippen LogP contribution in [-0.2, 0) is 4.79 Å². The number of anilines is 1. The number of hydrogen-bond donors (Lipinski definition) is 1. The molecule has 2 aromatic carbocycles. The van der Waals surface area contributed by atoms with Gasteiger partial charge in [0.25, 0.3) is 5.91 Å². The van der Waals surface area contributed by atoms with Crippen LogP contribution >= 0.6 is 11.6 Å². The van der Waals surface area contributed by atoms with Crippen molar-refractivity contribution >= 4 is 29.1 Å².